The highest BCUT2D eigenvalue weighted by atomic mass is 32.1. The summed E-state index contributed by atoms with van der Waals surface area (Å²) in [4.78, 5) is 18.9. The summed E-state index contributed by atoms with van der Waals surface area (Å²) in [6.45, 7) is 3.54. The van der Waals surface area contributed by atoms with E-state index in [9.17, 15) is 4.79 Å². The molecule has 25 heavy (non-hydrogen) atoms. The smallest absolute Gasteiger partial charge is 0.251 e. The highest BCUT2D eigenvalue weighted by molar-refractivity contribution is 7.13. The minimum Gasteiger partial charge on any atom is -0.378 e. The molecule has 0 saturated carbocycles. The number of rotatable bonds is 7. The number of benzene rings is 1. The fraction of sp³-hybridized carbons (Fsp3) is 0.444. The number of anilines is 1. The Morgan fingerprint density at radius 3 is 2.96 bits per heavy atom. The first-order valence-electron chi connectivity index (χ1n) is 8.50. The molecule has 1 saturated heterocycles. The number of nitrogens with one attached hydrogen (secondary N) is 2. The first-order chi connectivity index (χ1) is 12.3. The topological polar surface area (TPSA) is 66.5 Å². The molecule has 134 valence electrons. The van der Waals surface area contributed by atoms with Crippen LogP contribution in [0.3, 0.4) is 0 Å². The average molecular weight is 360 g/mol. The van der Waals surface area contributed by atoms with Crippen molar-refractivity contribution < 1.29 is 9.53 Å². The molecule has 1 fully saturated rings. The average Bonchev–Trinajstić information content (AvgIpc) is 3.17. The molecule has 2 atom stereocenters. The molecular formula is C18H24N4O2S. The monoisotopic (exact) mass is 360 g/mol. The number of carbonyl (C=O) groups excluding carboxylic acids is 1. The number of carbonyl (C=O) groups is 1. The van der Waals surface area contributed by atoms with E-state index in [0.29, 0.717) is 5.56 Å². The number of piperidine rings is 1. The largest absolute Gasteiger partial charge is 0.378 e. The first kappa shape index (κ1) is 17.8. The van der Waals surface area contributed by atoms with Gasteiger partial charge in [0.15, 0.2) is 5.13 Å². The number of nitrogens with zero attached hydrogens (tertiary/aromatic N) is 2. The molecule has 0 aliphatic carbocycles. The van der Waals surface area contributed by atoms with Crippen LogP contribution in [-0.2, 0) is 4.74 Å². The molecule has 1 amide bonds. The van der Waals surface area contributed by atoms with E-state index < -0.39 is 0 Å². The Morgan fingerprint density at radius 1 is 1.40 bits per heavy atom. The molecule has 2 unspecified atom stereocenters. The zero-order valence-electron chi connectivity index (χ0n) is 14.4. The number of amides is 1. The zero-order valence-corrected chi connectivity index (χ0v) is 15.2. The third-order valence-electron chi connectivity index (χ3n) is 4.44. The molecule has 1 aromatic carbocycles. The van der Waals surface area contributed by atoms with Gasteiger partial charge in [-0.1, -0.05) is 18.2 Å². The molecule has 2 heterocycles. The van der Waals surface area contributed by atoms with Crippen molar-refractivity contribution in [2.45, 2.75) is 18.6 Å². The van der Waals surface area contributed by atoms with Crippen molar-refractivity contribution in [1.29, 1.82) is 0 Å². The van der Waals surface area contributed by atoms with Crippen molar-refractivity contribution in [3.05, 3.63) is 47.5 Å². The summed E-state index contributed by atoms with van der Waals surface area (Å²) in [6, 6.07) is 9.36. The fourth-order valence-corrected chi connectivity index (χ4v) is 3.62. The third kappa shape index (κ3) is 5.01. The lowest BCUT2D eigenvalue weighted by molar-refractivity contribution is 0.00766. The van der Waals surface area contributed by atoms with Gasteiger partial charge >= 0.3 is 0 Å². The van der Waals surface area contributed by atoms with Gasteiger partial charge in [-0.05, 0) is 18.6 Å². The highest BCUT2D eigenvalue weighted by Gasteiger charge is 2.30. The zero-order chi connectivity index (χ0) is 17.5. The first-order valence-corrected chi connectivity index (χ1v) is 9.38. The van der Waals surface area contributed by atoms with E-state index >= 15 is 0 Å². The van der Waals surface area contributed by atoms with Crippen LogP contribution < -0.4 is 10.6 Å². The van der Waals surface area contributed by atoms with E-state index in [4.69, 9.17) is 4.74 Å². The van der Waals surface area contributed by atoms with Gasteiger partial charge in [0.05, 0.1) is 12.1 Å². The van der Waals surface area contributed by atoms with Crippen molar-refractivity contribution in [1.82, 2.24) is 15.2 Å². The quantitative estimate of drug-likeness (QED) is 0.791. The van der Waals surface area contributed by atoms with Crippen LogP contribution in [0, 0.1) is 0 Å². The van der Waals surface area contributed by atoms with E-state index in [-0.39, 0.29) is 18.1 Å². The van der Waals surface area contributed by atoms with Crippen LogP contribution in [0.2, 0.25) is 0 Å². The summed E-state index contributed by atoms with van der Waals surface area (Å²) in [5.41, 5.74) is 0.687. The lowest BCUT2D eigenvalue weighted by atomic mass is 10.0. The number of methoxy groups -OCH3 is 1. The Morgan fingerprint density at radius 2 is 2.24 bits per heavy atom. The van der Waals surface area contributed by atoms with Gasteiger partial charge < -0.3 is 15.4 Å². The summed E-state index contributed by atoms with van der Waals surface area (Å²) < 4.78 is 5.64. The molecule has 0 spiro atoms. The third-order valence-corrected chi connectivity index (χ3v) is 5.17. The van der Waals surface area contributed by atoms with Crippen molar-refractivity contribution in [2.24, 2.45) is 0 Å². The Bertz CT molecular complexity index is 650. The number of ether oxygens (including phenoxy) is 1. The van der Waals surface area contributed by atoms with Crippen molar-refractivity contribution in [2.75, 3.05) is 38.6 Å². The Balaban J connectivity index is 1.47. The van der Waals surface area contributed by atoms with Crippen LogP contribution in [-0.4, -0.2) is 61.2 Å². The minimum absolute atomic E-state index is 0.00118. The lowest BCUT2D eigenvalue weighted by Crippen LogP contribution is -2.55. The predicted octanol–water partition coefficient (Wildman–Crippen LogP) is 2.07. The van der Waals surface area contributed by atoms with Crippen molar-refractivity contribution >= 4 is 22.4 Å². The summed E-state index contributed by atoms with van der Waals surface area (Å²) >= 11 is 1.61. The predicted molar refractivity (Wildman–Crippen MR) is 100 cm³/mol. The van der Waals surface area contributed by atoms with Gasteiger partial charge in [0.1, 0.15) is 0 Å². The van der Waals surface area contributed by atoms with E-state index in [2.05, 4.69) is 20.5 Å². The maximum atomic E-state index is 12.4. The number of aromatic nitrogens is 1. The van der Waals surface area contributed by atoms with Gasteiger partial charge in [-0.25, -0.2) is 4.98 Å². The SMILES string of the molecule is COC1CN(CCNc2nccs2)CCC1NC(=O)c1ccccc1. The lowest BCUT2D eigenvalue weighted by Gasteiger charge is -2.38. The van der Waals surface area contributed by atoms with Crippen LogP contribution in [0.1, 0.15) is 16.8 Å². The van der Waals surface area contributed by atoms with Gasteiger partial charge in [0.2, 0.25) is 0 Å². The highest BCUT2D eigenvalue weighted by Crippen LogP contribution is 2.15. The van der Waals surface area contributed by atoms with Crippen LogP contribution >= 0.6 is 11.3 Å². The minimum atomic E-state index is -0.0356. The Kier molecular flexibility index (Phi) is 6.38. The maximum Gasteiger partial charge on any atom is 0.251 e. The summed E-state index contributed by atoms with van der Waals surface area (Å²) in [6.07, 6.45) is 2.68. The standard InChI is InChI=1S/C18H24N4O2S/c1-24-16-13-22(11-8-19-18-20-9-12-25-18)10-7-15(16)21-17(23)14-5-3-2-4-6-14/h2-6,9,12,15-16H,7-8,10-11,13H2,1H3,(H,19,20)(H,21,23). The van der Waals surface area contributed by atoms with Gasteiger partial charge in [-0.2, -0.15) is 0 Å². The van der Waals surface area contributed by atoms with E-state index in [1.54, 1.807) is 24.6 Å². The van der Waals surface area contributed by atoms with Gasteiger partial charge in [-0.15, -0.1) is 11.3 Å². The Hall–Kier alpha value is -1.96. The van der Waals surface area contributed by atoms with Gasteiger partial charge in [-0.3, -0.25) is 9.69 Å². The molecule has 0 radical (unpaired) electrons. The molecule has 7 heteroatoms. The van der Waals surface area contributed by atoms with Crippen LogP contribution in [0.5, 0.6) is 0 Å². The van der Waals surface area contributed by atoms with E-state index in [1.807, 2.05) is 35.7 Å². The van der Waals surface area contributed by atoms with Crippen molar-refractivity contribution in [3.8, 4) is 0 Å². The summed E-state index contributed by atoms with van der Waals surface area (Å²) in [5.74, 6) is -0.0356. The van der Waals surface area contributed by atoms with Crippen LogP contribution in [0.15, 0.2) is 41.9 Å². The van der Waals surface area contributed by atoms with Gasteiger partial charge in [0, 0.05) is 50.4 Å². The number of hydrogen-bond acceptors (Lipinski definition) is 6. The van der Waals surface area contributed by atoms with E-state index in [1.165, 1.54) is 0 Å². The normalized spacial score (nSPS) is 21.0. The molecule has 2 N–H and O–H groups in total. The van der Waals surface area contributed by atoms with Crippen LogP contribution in [0.25, 0.3) is 0 Å². The Labute approximate surface area is 152 Å². The molecular weight excluding hydrogens is 336 g/mol. The van der Waals surface area contributed by atoms with Crippen molar-refractivity contribution in [3.63, 3.8) is 0 Å². The molecule has 1 aromatic heterocycles. The fourth-order valence-electron chi connectivity index (χ4n) is 3.06. The molecule has 1 aliphatic heterocycles. The number of likely N-dealkylation sites (tertiary alicyclic amines) is 1. The summed E-state index contributed by atoms with van der Waals surface area (Å²) in [5, 5.41) is 9.36. The molecule has 2 aromatic rings. The van der Waals surface area contributed by atoms with Crippen LogP contribution in [0.4, 0.5) is 5.13 Å². The summed E-state index contributed by atoms with van der Waals surface area (Å²) in [7, 11) is 1.71. The van der Waals surface area contributed by atoms with Gasteiger partial charge in [0.25, 0.3) is 5.91 Å². The molecule has 0 bridgehead atoms. The number of thiazole rings is 1. The second-order valence-electron chi connectivity index (χ2n) is 6.07. The second-order valence-corrected chi connectivity index (χ2v) is 6.97. The number of hydrogen-bond donors (Lipinski definition) is 2. The molecule has 1 aliphatic rings. The maximum absolute atomic E-state index is 12.4. The second kappa shape index (κ2) is 8.94. The molecule has 3 rings (SSSR count). The van der Waals surface area contributed by atoms with E-state index in [0.717, 1.165) is 37.7 Å². The molecule has 6 nitrogen and oxygen atoms in total.